The third-order valence-electron chi connectivity index (χ3n) is 8.12. The molecule has 0 aliphatic carbocycles. The number of nitrogens with one attached hydrogen (secondary N) is 1. The average molecular weight is 648 g/mol. The van der Waals surface area contributed by atoms with Crippen molar-refractivity contribution in [2.75, 3.05) is 51.8 Å². The van der Waals surface area contributed by atoms with Crippen molar-refractivity contribution in [1.29, 1.82) is 0 Å². The maximum Gasteiger partial charge on any atom is 0.410 e. The number of nitrogens with zero attached hydrogens (tertiary/aromatic N) is 7. The van der Waals surface area contributed by atoms with Crippen LogP contribution in [0.1, 0.15) is 66.8 Å². The molecule has 4 rings (SSSR count). The number of carbonyl (C=O) groups excluding carboxylic acids is 4. The highest BCUT2D eigenvalue weighted by Gasteiger charge is 2.30. The third-order valence-corrected chi connectivity index (χ3v) is 8.12. The first-order valence-corrected chi connectivity index (χ1v) is 15.6. The zero-order valence-electron chi connectivity index (χ0n) is 28.5. The molecule has 1 fully saturated rings. The SMILES string of the molecule is Cc1c(CC(=O)N(C)C)ccc(NC(=O)c2nn([C@@H]3CCCN(C(=O)/C=C/CN(C)C(=O)OC(C)(C)C)C3)c3ncnc(N)c23)c1C. The van der Waals surface area contributed by atoms with Gasteiger partial charge >= 0.3 is 6.09 Å². The molecule has 252 valence electrons. The summed E-state index contributed by atoms with van der Waals surface area (Å²) in [6.07, 6.45) is 5.62. The van der Waals surface area contributed by atoms with Gasteiger partial charge in [-0.15, -0.1) is 0 Å². The Morgan fingerprint density at radius 1 is 1.11 bits per heavy atom. The number of benzene rings is 1. The average Bonchev–Trinajstić information content (AvgIpc) is 3.41. The van der Waals surface area contributed by atoms with Crippen LogP contribution in [0, 0.1) is 13.8 Å². The molecule has 3 aromatic rings. The zero-order valence-corrected chi connectivity index (χ0v) is 28.5. The lowest BCUT2D eigenvalue weighted by molar-refractivity contribution is -0.128. The van der Waals surface area contributed by atoms with Gasteiger partial charge in [0.15, 0.2) is 11.3 Å². The molecule has 1 aliphatic rings. The van der Waals surface area contributed by atoms with E-state index < -0.39 is 17.6 Å². The monoisotopic (exact) mass is 647 g/mol. The number of likely N-dealkylation sites (tertiary alicyclic amines) is 1. The van der Waals surface area contributed by atoms with Crippen LogP contribution in [0.3, 0.4) is 0 Å². The second kappa shape index (κ2) is 14.2. The predicted octanol–water partition coefficient (Wildman–Crippen LogP) is 3.49. The van der Waals surface area contributed by atoms with Gasteiger partial charge in [-0.1, -0.05) is 12.1 Å². The van der Waals surface area contributed by atoms with Crippen molar-refractivity contribution in [3.8, 4) is 0 Å². The highest BCUT2D eigenvalue weighted by molar-refractivity contribution is 6.13. The summed E-state index contributed by atoms with van der Waals surface area (Å²) < 4.78 is 7.02. The molecule has 4 amide bonds. The molecule has 2 aromatic heterocycles. The first kappa shape index (κ1) is 34.9. The molecule has 3 N–H and O–H groups in total. The van der Waals surface area contributed by atoms with Crippen LogP contribution in [0.15, 0.2) is 30.6 Å². The number of anilines is 2. The number of ether oxygens (including phenoxy) is 1. The number of nitrogens with two attached hydrogens (primary N) is 1. The van der Waals surface area contributed by atoms with Crippen LogP contribution in [0.25, 0.3) is 11.0 Å². The van der Waals surface area contributed by atoms with Gasteiger partial charge in [0.05, 0.1) is 17.8 Å². The summed E-state index contributed by atoms with van der Waals surface area (Å²) in [4.78, 5) is 64.5. The minimum atomic E-state index is -0.613. The number of hydrogen-bond donors (Lipinski definition) is 2. The minimum Gasteiger partial charge on any atom is -0.444 e. The molecule has 14 heteroatoms. The second-order valence-electron chi connectivity index (χ2n) is 13.0. The van der Waals surface area contributed by atoms with Crippen LogP contribution < -0.4 is 11.1 Å². The van der Waals surface area contributed by atoms with E-state index in [1.807, 2.05) is 19.9 Å². The van der Waals surface area contributed by atoms with Gasteiger partial charge in [-0.05, 0) is 70.2 Å². The molecule has 0 unspecified atom stereocenters. The fourth-order valence-corrected chi connectivity index (χ4v) is 5.30. The maximum absolute atomic E-state index is 13.7. The Bertz CT molecular complexity index is 1710. The van der Waals surface area contributed by atoms with E-state index >= 15 is 0 Å². The van der Waals surface area contributed by atoms with Gasteiger partial charge in [0.25, 0.3) is 5.91 Å². The van der Waals surface area contributed by atoms with Gasteiger partial charge in [-0.3, -0.25) is 14.4 Å². The smallest absolute Gasteiger partial charge is 0.410 e. The lowest BCUT2D eigenvalue weighted by atomic mass is 9.98. The standard InChI is InChI=1S/C33H45N9O5/c1-20-21(2)24(14-13-22(20)17-26(44)39(6)7)37-31(45)28-27-29(34)35-19-36-30(27)42(38-28)23-11-9-16-41(18-23)25(43)12-10-15-40(8)32(46)47-33(3,4)5/h10,12-14,19,23H,9,11,15-18H2,1-8H3,(H,37,45)(H2,34,35,36)/b12-10+/t23-/m1/s1. The van der Waals surface area contributed by atoms with Crippen LogP contribution in [0.4, 0.5) is 16.3 Å². The lowest BCUT2D eigenvalue weighted by Crippen LogP contribution is -2.40. The maximum atomic E-state index is 13.7. The van der Waals surface area contributed by atoms with Gasteiger partial charge in [-0.25, -0.2) is 19.4 Å². The zero-order chi connectivity index (χ0) is 34.6. The Kier molecular flexibility index (Phi) is 10.5. The molecule has 14 nitrogen and oxygen atoms in total. The van der Waals surface area contributed by atoms with E-state index in [1.54, 1.807) is 68.5 Å². The number of likely N-dealkylation sites (N-methyl/N-ethyl adjacent to an activating group) is 2. The van der Waals surface area contributed by atoms with E-state index in [0.717, 1.165) is 16.7 Å². The topological polar surface area (TPSA) is 169 Å². The molecule has 1 saturated heterocycles. The number of hydrogen-bond acceptors (Lipinski definition) is 9. The Balaban J connectivity index is 1.52. The number of fused-ring (bicyclic) bond motifs is 1. The van der Waals surface area contributed by atoms with Crippen LogP contribution in [-0.2, 0) is 20.7 Å². The van der Waals surface area contributed by atoms with E-state index in [9.17, 15) is 19.2 Å². The number of piperidine rings is 1. The Hall–Kier alpha value is -5.01. The van der Waals surface area contributed by atoms with E-state index in [0.29, 0.717) is 42.7 Å². The molecule has 1 atom stereocenters. The Morgan fingerprint density at radius 2 is 1.83 bits per heavy atom. The number of nitrogen functional groups attached to an aromatic ring is 1. The fraction of sp³-hybridized carbons (Fsp3) is 0.485. The van der Waals surface area contributed by atoms with Crippen LogP contribution in [0.2, 0.25) is 0 Å². The molecule has 0 saturated carbocycles. The third kappa shape index (κ3) is 8.23. The van der Waals surface area contributed by atoms with E-state index in [4.69, 9.17) is 10.5 Å². The van der Waals surface area contributed by atoms with Crippen molar-refractivity contribution in [2.24, 2.45) is 0 Å². The van der Waals surface area contributed by atoms with Crippen molar-refractivity contribution in [2.45, 2.75) is 65.5 Å². The minimum absolute atomic E-state index is 0.0124. The first-order chi connectivity index (χ1) is 22.1. The largest absolute Gasteiger partial charge is 0.444 e. The van der Waals surface area contributed by atoms with E-state index in [2.05, 4.69) is 20.4 Å². The fourth-order valence-electron chi connectivity index (χ4n) is 5.30. The van der Waals surface area contributed by atoms with Crippen molar-refractivity contribution in [3.63, 3.8) is 0 Å². The lowest BCUT2D eigenvalue weighted by Gasteiger charge is -2.32. The quantitative estimate of drug-likeness (QED) is 0.348. The molecule has 0 spiro atoms. The molecule has 47 heavy (non-hydrogen) atoms. The molecular weight excluding hydrogens is 602 g/mol. The first-order valence-electron chi connectivity index (χ1n) is 15.6. The highest BCUT2D eigenvalue weighted by atomic mass is 16.6. The van der Waals surface area contributed by atoms with Crippen LogP contribution in [-0.4, -0.2) is 105 Å². The summed E-state index contributed by atoms with van der Waals surface area (Å²) in [5, 5.41) is 7.97. The summed E-state index contributed by atoms with van der Waals surface area (Å²) in [5.41, 5.74) is 9.34. The molecular formula is C33H45N9O5. The van der Waals surface area contributed by atoms with Gasteiger partial charge < -0.3 is 30.5 Å². The summed E-state index contributed by atoms with van der Waals surface area (Å²) in [6, 6.07) is 3.35. The number of aromatic nitrogens is 4. The summed E-state index contributed by atoms with van der Waals surface area (Å²) in [7, 11) is 5.04. The van der Waals surface area contributed by atoms with Gasteiger partial charge in [0.2, 0.25) is 11.8 Å². The predicted molar refractivity (Wildman–Crippen MR) is 179 cm³/mol. The molecule has 0 radical (unpaired) electrons. The van der Waals surface area contributed by atoms with Gasteiger partial charge in [0, 0.05) is 52.5 Å². The van der Waals surface area contributed by atoms with Crippen molar-refractivity contribution >= 4 is 46.4 Å². The summed E-state index contributed by atoms with van der Waals surface area (Å²) in [6.45, 7) is 10.3. The van der Waals surface area contributed by atoms with Crippen molar-refractivity contribution < 1.29 is 23.9 Å². The Morgan fingerprint density at radius 3 is 2.51 bits per heavy atom. The van der Waals surface area contributed by atoms with Gasteiger partial charge in [0.1, 0.15) is 17.7 Å². The van der Waals surface area contributed by atoms with Crippen molar-refractivity contribution in [1.82, 2.24) is 34.4 Å². The molecule has 1 aromatic carbocycles. The molecule has 3 heterocycles. The van der Waals surface area contributed by atoms with Gasteiger partial charge in [-0.2, -0.15) is 5.10 Å². The highest BCUT2D eigenvalue weighted by Crippen LogP contribution is 2.30. The van der Waals surface area contributed by atoms with E-state index in [-0.39, 0.29) is 42.3 Å². The Labute approximate surface area is 274 Å². The van der Waals surface area contributed by atoms with Crippen LogP contribution >= 0.6 is 0 Å². The van der Waals surface area contributed by atoms with Crippen molar-refractivity contribution in [3.05, 3.63) is 53.0 Å². The molecule has 1 aliphatic heterocycles. The summed E-state index contributed by atoms with van der Waals surface area (Å²) >= 11 is 0. The van der Waals surface area contributed by atoms with Crippen LogP contribution in [0.5, 0.6) is 0 Å². The second-order valence-corrected chi connectivity index (χ2v) is 13.0. The summed E-state index contributed by atoms with van der Waals surface area (Å²) in [5.74, 6) is -0.563. The molecule has 0 bridgehead atoms. The number of rotatable bonds is 8. The number of carbonyl (C=O) groups is 4. The van der Waals surface area contributed by atoms with E-state index in [1.165, 1.54) is 17.3 Å². The number of amides is 4. The normalized spacial score (nSPS) is 15.1.